The van der Waals surface area contributed by atoms with Gasteiger partial charge >= 0.3 is 0 Å². The summed E-state index contributed by atoms with van der Waals surface area (Å²) in [5, 5.41) is 4.90. The van der Waals surface area contributed by atoms with Crippen LogP contribution >= 0.6 is 34.8 Å². The SMILES string of the molecule is CN1CCN(Cc2cc(-c3ccc(Cl)c(Cl)c3)ccc2OCC(=O)NC2Cc3ccc(Cl)cc3C2)CC1. The molecule has 5 rings (SSSR count). The van der Waals surface area contributed by atoms with Gasteiger partial charge in [0.05, 0.1) is 10.0 Å². The summed E-state index contributed by atoms with van der Waals surface area (Å²) in [5.74, 6) is 0.599. The highest BCUT2D eigenvalue weighted by atomic mass is 35.5. The molecular weight excluding hydrogens is 529 g/mol. The predicted molar refractivity (Wildman–Crippen MR) is 151 cm³/mol. The van der Waals surface area contributed by atoms with Gasteiger partial charge in [0.15, 0.2) is 6.61 Å². The molecule has 2 aliphatic rings. The highest BCUT2D eigenvalue weighted by Gasteiger charge is 2.23. The summed E-state index contributed by atoms with van der Waals surface area (Å²) in [6.07, 6.45) is 1.60. The number of benzene rings is 3. The first kappa shape index (κ1) is 26.3. The monoisotopic (exact) mass is 557 g/mol. The van der Waals surface area contributed by atoms with E-state index in [1.807, 2.05) is 48.5 Å². The van der Waals surface area contributed by atoms with Crippen LogP contribution in [0.15, 0.2) is 54.6 Å². The maximum absolute atomic E-state index is 12.8. The molecule has 1 N–H and O–H groups in total. The standard InChI is InChI=1S/C29H30Cl3N3O2/c1-34-8-10-35(11-9-34)17-23-12-19(21-3-6-26(31)27(32)16-21)4-7-28(23)37-18-29(36)33-25-14-20-2-5-24(30)13-22(20)15-25/h2-7,12-13,16,25H,8-11,14-15,17-18H2,1H3,(H,33,36). The van der Waals surface area contributed by atoms with E-state index in [0.717, 1.165) is 73.0 Å². The van der Waals surface area contributed by atoms with E-state index in [0.29, 0.717) is 10.0 Å². The zero-order valence-corrected chi connectivity index (χ0v) is 23.0. The van der Waals surface area contributed by atoms with E-state index in [9.17, 15) is 4.79 Å². The molecule has 0 spiro atoms. The normalized spacial score (nSPS) is 18.0. The Balaban J connectivity index is 1.28. The van der Waals surface area contributed by atoms with Crippen LogP contribution in [0, 0.1) is 0 Å². The second-order valence-electron chi connectivity index (χ2n) is 9.91. The molecule has 1 aliphatic heterocycles. The Bertz CT molecular complexity index is 1290. The van der Waals surface area contributed by atoms with Crippen LogP contribution in [0.5, 0.6) is 5.75 Å². The molecule has 1 atom stereocenters. The molecule has 1 unspecified atom stereocenters. The summed E-state index contributed by atoms with van der Waals surface area (Å²) >= 11 is 18.5. The van der Waals surface area contributed by atoms with Crippen molar-refractivity contribution in [2.24, 2.45) is 0 Å². The lowest BCUT2D eigenvalue weighted by atomic mass is 10.0. The number of likely N-dealkylation sites (N-methyl/N-ethyl adjacent to an activating group) is 1. The molecule has 194 valence electrons. The average molecular weight is 559 g/mol. The Morgan fingerprint density at radius 2 is 1.62 bits per heavy atom. The Morgan fingerprint density at radius 1 is 0.892 bits per heavy atom. The van der Waals surface area contributed by atoms with Crippen LogP contribution in [0.2, 0.25) is 15.1 Å². The van der Waals surface area contributed by atoms with Crippen LogP contribution in [0.1, 0.15) is 16.7 Å². The first-order chi connectivity index (χ1) is 17.8. The van der Waals surface area contributed by atoms with E-state index in [1.54, 1.807) is 0 Å². The van der Waals surface area contributed by atoms with Crippen LogP contribution in [-0.2, 0) is 24.2 Å². The number of fused-ring (bicyclic) bond motifs is 1. The molecule has 1 amide bonds. The van der Waals surface area contributed by atoms with Gasteiger partial charge in [-0.3, -0.25) is 9.69 Å². The number of carbonyl (C=O) groups is 1. The topological polar surface area (TPSA) is 44.8 Å². The van der Waals surface area contributed by atoms with Crippen LogP contribution in [0.4, 0.5) is 0 Å². The number of nitrogens with one attached hydrogen (secondary N) is 1. The highest BCUT2D eigenvalue weighted by molar-refractivity contribution is 6.42. The van der Waals surface area contributed by atoms with Gasteiger partial charge in [-0.25, -0.2) is 0 Å². The van der Waals surface area contributed by atoms with Crippen LogP contribution in [-0.4, -0.2) is 61.6 Å². The van der Waals surface area contributed by atoms with Crippen LogP contribution in [0.25, 0.3) is 11.1 Å². The van der Waals surface area contributed by atoms with Crippen molar-refractivity contribution in [1.82, 2.24) is 15.1 Å². The van der Waals surface area contributed by atoms with Gasteiger partial charge in [0.2, 0.25) is 0 Å². The van der Waals surface area contributed by atoms with Crippen molar-refractivity contribution in [3.8, 4) is 16.9 Å². The Kier molecular flexibility index (Phi) is 8.28. The van der Waals surface area contributed by atoms with Gasteiger partial charge in [-0.1, -0.05) is 53.0 Å². The lowest BCUT2D eigenvalue weighted by Gasteiger charge is -2.32. The molecule has 5 nitrogen and oxygen atoms in total. The van der Waals surface area contributed by atoms with Crippen molar-refractivity contribution in [2.75, 3.05) is 39.8 Å². The summed E-state index contributed by atoms with van der Waals surface area (Å²) in [5.41, 5.74) is 5.50. The number of nitrogens with zero attached hydrogens (tertiary/aromatic N) is 2. The molecule has 8 heteroatoms. The van der Waals surface area contributed by atoms with Gasteiger partial charge in [-0.05, 0) is 78.5 Å². The van der Waals surface area contributed by atoms with Crippen molar-refractivity contribution in [2.45, 2.75) is 25.4 Å². The fraction of sp³-hybridized carbons (Fsp3) is 0.345. The third kappa shape index (κ3) is 6.60. The minimum Gasteiger partial charge on any atom is -0.483 e. The Hall–Kier alpha value is -2.28. The number of hydrogen-bond acceptors (Lipinski definition) is 4. The quantitative estimate of drug-likeness (QED) is 0.403. The van der Waals surface area contributed by atoms with Crippen molar-refractivity contribution >= 4 is 40.7 Å². The van der Waals surface area contributed by atoms with Gasteiger partial charge in [0.25, 0.3) is 5.91 Å². The number of ether oxygens (including phenoxy) is 1. The molecule has 37 heavy (non-hydrogen) atoms. The Morgan fingerprint density at radius 3 is 2.41 bits per heavy atom. The fourth-order valence-corrected chi connectivity index (χ4v) is 5.54. The molecule has 0 aromatic heterocycles. The molecule has 1 heterocycles. The predicted octanol–water partition coefficient (Wildman–Crippen LogP) is 5.72. The number of rotatable bonds is 7. The molecule has 1 fully saturated rings. The number of hydrogen-bond donors (Lipinski definition) is 1. The second-order valence-corrected chi connectivity index (χ2v) is 11.2. The zero-order valence-electron chi connectivity index (χ0n) is 20.8. The number of carbonyl (C=O) groups excluding carboxylic acids is 1. The zero-order chi connectivity index (χ0) is 25.9. The van der Waals surface area contributed by atoms with E-state index < -0.39 is 0 Å². The lowest BCUT2D eigenvalue weighted by Crippen LogP contribution is -2.44. The lowest BCUT2D eigenvalue weighted by molar-refractivity contribution is -0.123. The van der Waals surface area contributed by atoms with Gasteiger partial charge in [-0.2, -0.15) is 0 Å². The summed E-state index contributed by atoms with van der Waals surface area (Å²) in [7, 11) is 2.15. The average Bonchev–Trinajstić information content (AvgIpc) is 3.27. The third-order valence-corrected chi connectivity index (χ3v) is 8.10. The van der Waals surface area contributed by atoms with E-state index in [4.69, 9.17) is 39.5 Å². The molecule has 3 aromatic carbocycles. The van der Waals surface area contributed by atoms with Gasteiger partial charge in [-0.15, -0.1) is 0 Å². The summed E-state index contributed by atoms with van der Waals surface area (Å²) in [6, 6.07) is 17.7. The number of halogens is 3. The molecule has 1 aliphatic carbocycles. The number of piperazine rings is 1. The second kappa shape index (κ2) is 11.6. The summed E-state index contributed by atoms with van der Waals surface area (Å²) < 4.78 is 6.08. The van der Waals surface area contributed by atoms with Crippen molar-refractivity contribution < 1.29 is 9.53 Å². The third-order valence-electron chi connectivity index (χ3n) is 7.13. The Labute approximate surface area is 233 Å². The summed E-state index contributed by atoms with van der Waals surface area (Å²) in [6.45, 7) is 4.74. The van der Waals surface area contributed by atoms with Gasteiger partial charge in [0, 0.05) is 49.4 Å². The first-order valence-corrected chi connectivity index (χ1v) is 13.7. The van der Waals surface area contributed by atoms with Crippen molar-refractivity contribution in [3.63, 3.8) is 0 Å². The van der Waals surface area contributed by atoms with Gasteiger partial charge in [0.1, 0.15) is 5.75 Å². The largest absolute Gasteiger partial charge is 0.483 e. The maximum Gasteiger partial charge on any atom is 0.258 e. The van der Waals surface area contributed by atoms with E-state index in [1.165, 1.54) is 11.1 Å². The fourth-order valence-electron chi connectivity index (χ4n) is 5.05. The smallest absolute Gasteiger partial charge is 0.258 e. The highest BCUT2D eigenvalue weighted by Crippen LogP contribution is 2.32. The molecule has 0 bridgehead atoms. The molecular formula is C29H30Cl3N3O2. The van der Waals surface area contributed by atoms with Crippen molar-refractivity contribution in [3.05, 3.63) is 86.4 Å². The molecule has 1 saturated heterocycles. The van der Waals surface area contributed by atoms with Crippen LogP contribution < -0.4 is 10.1 Å². The molecule has 3 aromatic rings. The van der Waals surface area contributed by atoms with Crippen molar-refractivity contribution in [1.29, 1.82) is 0 Å². The van der Waals surface area contributed by atoms with E-state index >= 15 is 0 Å². The maximum atomic E-state index is 12.8. The molecule has 0 radical (unpaired) electrons. The summed E-state index contributed by atoms with van der Waals surface area (Å²) in [4.78, 5) is 17.5. The van der Waals surface area contributed by atoms with E-state index in [2.05, 4.69) is 28.2 Å². The molecule has 0 saturated carbocycles. The van der Waals surface area contributed by atoms with Crippen LogP contribution in [0.3, 0.4) is 0 Å². The number of amides is 1. The first-order valence-electron chi connectivity index (χ1n) is 12.5. The van der Waals surface area contributed by atoms with Gasteiger partial charge < -0.3 is 15.0 Å². The minimum absolute atomic E-state index is 0.0323. The van der Waals surface area contributed by atoms with E-state index in [-0.39, 0.29) is 18.6 Å². The minimum atomic E-state index is -0.122.